The molecule has 31 heavy (non-hydrogen) atoms. The van der Waals surface area contributed by atoms with Crippen LogP contribution in [0.1, 0.15) is 57.9 Å². The van der Waals surface area contributed by atoms with Gasteiger partial charge >= 0.3 is 6.01 Å². The van der Waals surface area contributed by atoms with Crippen LogP contribution in [0.25, 0.3) is 0 Å². The van der Waals surface area contributed by atoms with Crippen molar-refractivity contribution >= 4 is 11.6 Å². The van der Waals surface area contributed by atoms with Crippen molar-refractivity contribution in [2.45, 2.75) is 58.5 Å². The van der Waals surface area contributed by atoms with Crippen molar-refractivity contribution in [2.75, 3.05) is 24.6 Å². The van der Waals surface area contributed by atoms with E-state index in [2.05, 4.69) is 16.9 Å². The lowest BCUT2D eigenvalue weighted by molar-refractivity contribution is -0.117. The fourth-order valence-electron chi connectivity index (χ4n) is 3.86. The summed E-state index contributed by atoms with van der Waals surface area (Å²) in [5.74, 6) is 0.967. The summed E-state index contributed by atoms with van der Waals surface area (Å²) in [6.07, 6.45) is 4.73. The quantitative estimate of drug-likeness (QED) is 0.586. The molecule has 0 bridgehead atoms. The Balaban J connectivity index is 1.34. The number of aromatic nitrogens is 2. The van der Waals surface area contributed by atoms with E-state index in [-0.39, 0.29) is 35.0 Å². The van der Waals surface area contributed by atoms with Crippen molar-refractivity contribution < 1.29 is 18.7 Å². The van der Waals surface area contributed by atoms with Gasteiger partial charge in [0.15, 0.2) is 11.6 Å². The molecule has 6 nitrogen and oxygen atoms in total. The first-order valence-electron chi connectivity index (χ1n) is 11.0. The maximum Gasteiger partial charge on any atom is 0.318 e. The van der Waals surface area contributed by atoms with Gasteiger partial charge < -0.3 is 19.2 Å². The molecule has 1 aromatic carbocycles. The molecule has 0 N–H and O–H groups in total. The number of hydrogen-bond acceptors (Lipinski definition) is 6. The summed E-state index contributed by atoms with van der Waals surface area (Å²) in [6.45, 7) is 7.59. The van der Waals surface area contributed by atoms with E-state index in [0.717, 1.165) is 30.6 Å². The molecule has 2 aromatic rings. The van der Waals surface area contributed by atoms with Crippen LogP contribution in [-0.4, -0.2) is 41.6 Å². The van der Waals surface area contributed by atoms with Crippen LogP contribution >= 0.6 is 0 Å². The molecule has 1 aliphatic carbocycles. The Bertz CT molecular complexity index is 930. The average molecular weight is 428 g/mol. The van der Waals surface area contributed by atoms with E-state index in [1.54, 1.807) is 6.92 Å². The summed E-state index contributed by atoms with van der Waals surface area (Å²) in [5.41, 5.74) is 1.33. The fourth-order valence-corrected chi connectivity index (χ4v) is 3.86. The molecule has 0 spiro atoms. The lowest BCUT2D eigenvalue weighted by Crippen LogP contribution is -2.26. The lowest BCUT2D eigenvalue weighted by atomic mass is 9.96. The average Bonchev–Trinajstić information content (AvgIpc) is 3.29. The Morgan fingerprint density at radius 3 is 2.74 bits per heavy atom. The molecule has 2 aliphatic rings. The van der Waals surface area contributed by atoms with Gasteiger partial charge in [0.1, 0.15) is 17.6 Å². The van der Waals surface area contributed by atoms with Crippen molar-refractivity contribution in [2.24, 2.45) is 5.41 Å². The first-order valence-corrected chi connectivity index (χ1v) is 11.0. The molecule has 0 amide bonds. The molecule has 1 saturated carbocycles. The van der Waals surface area contributed by atoms with Crippen molar-refractivity contribution in [3.05, 3.63) is 41.8 Å². The molecule has 1 saturated heterocycles. The molecule has 2 atom stereocenters. The van der Waals surface area contributed by atoms with E-state index in [4.69, 9.17) is 9.47 Å². The number of ketones is 1. The molecular formula is C24H30FN3O3. The summed E-state index contributed by atoms with van der Waals surface area (Å²) in [4.78, 5) is 21.5. The molecular weight excluding hydrogens is 397 g/mol. The maximum atomic E-state index is 14.4. The van der Waals surface area contributed by atoms with Gasteiger partial charge in [0, 0.05) is 24.8 Å². The van der Waals surface area contributed by atoms with Gasteiger partial charge in [-0.05, 0) is 43.4 Å². The van der Waals surface area contributed by atoms with E-state index in [0.29, 0.717) is 26.1 Å². The third-order valence-corrected chi connectivity index (χ3v) is 6.15. The fraction of sp³-hybridized carbons (Fsp3) is 0.542. The third kappa shape index (κ3) is 5.51. The molecule has 2 heterocycles. The van der Waals surface area contributed by atoms with Gasteiger partial charge in [-0.15, -0.1) is 0 Å². The van der Waals surface area contributed by atoms with Crippen LogP contribution < -0.4 is 14.4 Å². The normalized spacial score (nSPS) is 20.4. The zero-order valence-electron chi connectivity index (χ0n) is 18.4. The number of carbonyl (C=O) groups is 1. The number of benzene rings is 1. The number of nitrogens with zero attached hydrogens (tertiary/aromatic N) is 3. The van der Waals surface area contributed by atoms with Gasteiger partial charge in [-0.3, -0.25) is 0 Å². The number of carbonyl (C=O) groups excluding carboxylic acids is 1. The number of anilines is 1. The van der Waals surface area contributed by atoms with Gasteiger partial charge in [0.2, 0.25) is 0 Å². The van der Waals surface area contributed by atoms with Crippen molar-refractivity contribution in [3.63, 3.8) is 0 Å². The number of Topliss-reactive ketones (excluding diaryl/α,β-unsaturated/α-hetero) is 1. The lowest BCUT2D eigenvalue weighted by Gasteiger charge is -2.19. The third-order valence-electron chi connectivity index (χ3n) is 6.15. The predicted molar refractivity (Wildman–Crippen MR) is 116 cm³/mol. The first kappa shape index (κ1) is 21.5. The second kappa shape index (κ2) is 8.81. The van der Waals surface area contributed by atoms with Crippen LogP contribution in [0.15, 0.2) is 30.5 Å². The Morgan fingerprint density at radius 2 is 2.06 bits per heavy atom. The van der Waals surface area contributed by atoms with Crippen molar-refractivity contribution in [3.8, 4) is 11.8 Å². The Morgan fingerprint density at radius 1 is 1.32 bits per heavy atom. The highest BCUT2D eigenvalue weighted by molar-refractivity contribution is 5.76. The first-order chi connectivity index (χ1) is 14.8. The number of hydrogen-bond donors (Lipinski definition) is 0. The number of halogens is 1. The zero-order chi connectivity index (χ0) is 22.0. The molecule has 4 rings (SSSR count). The monoisotopic (exact) mass is 427 g/mol. The number of rotatable bonds is 9. The predicted octanol–water partition coefficient (Wildman–Crippen LogP) is 4.53. The summed E-state index contributed by atoms with van der Waals surface area (Å²) in [7, 11) is 0. The second-order valence-electron chi connectivity index (χ2n) is 9.27. The highest BCUT2D eigenvalue weighted by Crippen LogP contribution is 2.44. The second-order valence-corrected chi connectivity index (χ2v) is 9.27. The molecule has 166 valence electrons. The van der Waals surface area contributed by atoms with Crippen LogP contribution in [-0.2, 0) is 4.79 Å². The molecule has 1 aromatic heterocycles. The zero-order valence-corrected chi connectivity index (χ0v) is 18.4. The minimum atomic E-state index is -0.450. The SMILES string of the molecule is CC(=O)C[C@@H](C)c1ccc(O[C@@H]2CCN(c3nc(OCC4(C)CC4)ncc3F)C2)cc1. The van der Waals surface area contributed by atoms with Crippen LogP contribution in [0.4, 0.5) is 10.2 Å². The molecule has 2 fully saturated rings. The van der Waals surface area contributed by atoms with Gasteiger partial charge in [0.05, 0.1) is 19.3 Å². The van der Waals surface area contributed by atoms with Gasteiger partial charge in [-0.2, -0.15) is 4.98 Å². The standard InChI is InChI=1S/C24H30FN3O3/c1-16(12-17(2)29)18-4-6-19(7-5-18)31-20-8-11-28(14-20)22-21(25)13-26-23(27-22)30-15-24(3)9-10-24/h4-7,13,16,20H,8-12,14-15H2,1-3H3/t16-,20-/m1/s1. The minimum Gasteiger partial charge on any atom is -0.489 e. The van der Waals surface area contributed by atoms with Crippen molar-refractivity contribution in [1.82, 2.24) is 9.97 Å². The van der Waals surface area contributed by atoms with E-state index < -0.39 is 5.82 Å². The molecule has 0 unspecified atom stereocenters. The smallest absolute Gasteiger partial charge is 0.318 e. The van der Waals surface area contributed by atoms with Crippen LogP contribution in [0.5, 0.6) is 11.8 Å². The van der Waals surface area contributed by atoms with Gasteiger partial charge in [0.25, 0.3) is 0 Å². The maximum absolute atomic E-state index is 14.4. The van der Waals surface area contributed by atoms with Gasteiger partial charge in [-0.1, -0.05) is 26.0 Å². The molecule has 0 radical (unpaired) electrons. The Labute approximate surface area is 182 Å². The largest absolute Gasteiger partial charge is 0.489 e. The number of ether oxygens (including phenoxy) is 2. The summed E-state index contributed by atoms with van der Waals surface area (Å²) in [5, 5.41) is 0. The summed E-state index contributed by atoms with van der Waals surface area (Å²) < 4.78 is 26.2. The topological polar surface area (TPSA) is 64.5 Å². The highest BCUT2D eigenvalue weighted by Gasteiger charge is 2.38. The van der Waals surface area contributed by atoms with Crippen LogP contribution in [0, 0.1) is 11.2 Å². The molecule has 1 aliphatic heterocycles. The molecule has 7 heteroatoms. The van der Waals surface area contributed by atoms with E-state index in [1.165, 1.54) is 6.20 Å². The Hall–Kier alpha value is -2.70. The summed E-state index contributed by atoms with van der Waals surface area (Å²) >= 11 is 0. The Kier molecular flexibility index (Phi) is 6.12. The highest BCUT2D eigenvalue weighted by atomic mass is 19.1. The van der Waals surface area contributed by atoms with Gasteiger partial charge in [-0.25, -0.2) is 9.37 Å². The van der Waals surface area contributed by atoms with Crippen LogP contribution in [0.2, 0.25) is 0 Å². The van der Waals surface area contributed by atoms with E-state index in [9.17, 15) is 9.18 Å². The van der Waals surface area contributed by atoms with E-state index >= 15 is 0 Å². The van der Waals surface area contributed by atoms with E-state index in [1.807, 2.05) is 36.1 Å². The minimum absolute atomic E-state index is 0.0513. The van der Waals surface area contributed by atoms with Crippen LogP contribution in [0.3, 0.4) is 0 Å². The summed E-state index contributed by atoms with van der Waals surface area (Å²) in [6, 6.07) is 8.10. The van der Waals surface area contributed by atoms with Crippen molar-refractivity contribution in [1.29, 1.82) is 0 Å².